The van der Waals surface area contributed by atoms with Gasteiger partial charge < -0.3 is 9.80 Å². The molecular formula is C15H26ClN5. The van der Waals surface area contributed by atoms with Crippen LogP contribution < -0.4 is 9.80 Å². The molecule has 1 aromatic rings. The van der Waals surface area contributed by atoms with Crippen molar-refractivity contribution in [3.63, 3.8) is 0 Å². The van der Waals surface area contributed by atoms with Crippen LogP contribution in [-0.2, 0) is 0 Å². The van der Waals surface area contributed by atoms with Gasteiger partial charge in [0.1, 0.15) is 0 Å². The molecule has 1 saturated heterocycles. The molecule has 21 heavy (non-hydrogen) atoms. The normalized spacial score (nSPS) is 17.3. The molecule has 6 heteroatoms. The highest BCUT2D eigenvalue weighted by molar-refractivity contribution is 6.28. The highest BCUT2D eigenvalue weighted by Crippen LogP contribution is 2.38. The topological polar surface area (TPSA) is 45.2 Å². The van der Waals surface area contributed by atoms with Crippen LogP contribution in [0.3, 0.4) is 0 Å². The van der Waals surface area contributed by atoms with Crippen molar-refractivity contribution < 1.29 is 0 Å². The van der Waals surface area contributed by atoms with E-state index in [9.17, 15) is 0 Å². The number of hydrogen-bond donors (Lipinski definition) is 0. The van der Waals surface area contributed by atoms with E-state index < -0.39 is 0 Å². The fourth-order valence-electron chi connectivity index (χ4n) is 3.05. The molecule has 0 amide bonds. The molecule has 0 unspecified atom stereocenters. The molecule has 2 heterocycles. The van der Waals surface area contributed by atoms with Crippen LogP contribution in [0.2, 0.25) is 5.28 Å². The third-order valence-electron chi connectivity index (χ3n) is 4.85. The average Bonchev–Trinajstić information content (AvgIpc) is 2.93. The van der Waals surface area contributed by atoms with Crippen LogP contribution in [0.4, 0.5) is 11.9 Å². The molecule has 0 radical (unpaired) electrons. The second-order valence-electron chi connectivity index (χ2n) is 5.76. The Morgan fingerprint density at radius 2 is 1.76 bits per heavy atom. The van der Waals surface area contributed by atoms with Crippen molar-refractivity contribution >= 4 is 23.5 Å². The highest BCUT2D eigenvalue weighted by atomic mass is 35.5. The molecule has 0 bridgehead atoms. The van der Waals surface area contributed by atoms with Gasteiger partial charge >= 0.3 is 0 Å². The van der Waals surface area contributed by atoms with E-state index in [0.717, 1.165) is 32.1 Å². The summed E-state index contributed by atoms with van der Waals surface area (Å²) in [5.74, 6) is 1.40. The van der Waals surface area contributed by atoms with Gasteiger partial charge in [-0.2, -0.15) is 15.0 Å². The summed E-state index contributed by atoms with van der Waals surface area (Å²) in [6, 6.07) is 0. The highest BCUT2D eigenvalue weighted by Gasteiger charge is 2.36. The maximum absolute atomic E-state index is 6.11. The Bertz CT molecular complexity index is 471. The standard InChI is InChI=1S/C15H26ClN5/c1-5-15(6-2)9-10-21(11-15)14-18-12(16)17-13(19-14)20(7-3)8-4/h5-11H2,1-4H3. The van der Waals surface area contributed by atoms with Crippen LogP contribution in [-0.4, -0.2) is 41.1 Å². The van der Waals surface area contributed by atoms with Gasteiger partial charge in [0.05, 0.1) is 0 Å². The molecule has 0 aliphatic carbocycles. The average molecular weight is 312 g/mol. The zero-order valence-corrected chi connectivity index (χ0v) is 14.3. The van der Waals surface area contributed by atoms with Gasteiger partial charge in [-0.1, -0.05) is 13.8 Å². The Morgan fingerprint density at radius 1 is 1.10 bits per heavy atom. The molecule has 0 aromatic carbocycles. The van der Waals surface area contributed by atoms with Gasteiger partial charge in [0.2, 0.25) is 17.2 Å². The summed E-state index contributed by atoms with van der Waals surface area (Å²) in [6.45, 7) is 12.5. The molecule has 1 fully saturated rings. The van der Waals surface area contributed by atoms with E-state index in [2.05, 4.69) is 52.4 Å². The Labute approximate surface area is 132 Å². The lowest BCUT2D eigenvalue weighted by Crippen LogP contribution is -2.29. The first-order valence-corrected chi connectivity index (χ1v) is 8.36. The first-order chi connectivity index (χ1) is 10.1. The van der Waals surface area contributed by atoms with Crippen LogP contribution in [0.5, 0.6) is 0 Å². The zero-order chi connectivity index (χ0) is 15.5. The Hall–Kier alpha value is -1.10. The summed E-state index contributed by atoms with van der Waals surface area (Å²) in [7, 11) is 0. The van der Waals surface area contributed by atoms with Crippen LogP contribution >= 0.6 is 11.6 Å². The molecule has 1 aromatic heterocycles. The Balaban J connectivity index is 2.25. The van der Waals surface area contributed by atoms with E-state index >= 15 is 0 Å². The van der Waals surface area contributed by atoms with Gasteiger partial charge in [-0.05, 0) is 50.1 Å². The summed E-state index contributed by atoms with van der Waals surface area (Å²) in [4.78, 5) is 17.6. The minimum Gasteiger partial charge on any atom is -0.341 e. The molecule has 118 valence electrons. The fourth-order valence-corrected chi connectivity index (χ4v) is 3.20. The fraction of sp³-hybridized carbons (Fsp3) is 0.800. The van der Waals surface area contributed by atoms with Gasteiger partial charge in [-0.3, -0.25) is 0 Å². The molecule has 2 rings (SSSR count). The zero-order valence-electron chi connectivity index (χ0n) is 13.6. The molecule has 0 atom stereocenters. The number of nitrogens with zero attached hydrogens (tertiary/aromatic N) is 5. The van der Waals surface area contributed by atoms with Crippen molar-refractivity contribution in [1.29, 1.82) is 0 Å². The summed E-state index contributed by atoms with van der Waals surface area (Å²) in [6.07, 6.45) is 3.59. The summed E-state index contributed by atoms with van der Waals surface area (Å²) in [5, 5.41) is 0.285. The maximum atomic E-state index is 6.11. The van der Waals surface area contributed by atoms with E-state index in [0.29, 0.717) is 11.4 Å². The number of anilines is 2. The minimum atomic E-state index is 0.285. The largest absolute Gasteiger partial charge is 0.341 e. The lowest BCUT2D eigenvalue weighted by molar-refractivity contribution is 0.301. The molecule has 0 saturated carbocycles. The number of hydrogen-bond acceptors (Lipinski definition) is 5. The number of rotatable bonds is 6. The molecule has 1 aliphatic rings. The predicted molar refractivity (Wildman–Crippen MR) is 88.2 cm³/mol. The maximum Gasteiger partial charge on any atom is 0.231 e. The Kier molecular flexibility index (Phi) is 5.25. The van der Waals surface area contributed by atoms with Crippen molar-refractivity contribution in [3.8, 4) is 0 Å². The second-order valence-corrected chi connectivity index (χ2v) is 6.09. The lowest BCUT2D eigenvalue weighted by Gasteiger charge is -2.26. The predicted octanol–water partition coefficient (Wildman–Crippen LogP) is 3.39. The molecule has 5 nitrogen and oxygen atoms in total. The lowest BCUT2D eigenvalue weighted by atomic mass is 9.82. The summed E-state index contributed by atoms with van der Waals surface area (Å²) >= 11 is 6.11. The van der Waals surface area contributed by atoms with E-state index in [4.69, 9.17) is 11.6 Å². The van der Waals surface area contributed by atoms with E-state index in [-0.39, 0.29) is 5.28 Å². The molecule has 0 spiro atoms. The van der Waals surface area contributed by atoms with Crippen LogP contribution in [0.15, 0.2) is 0 Å². The SMILES string of the molecule is CCN(CC)c1nc(Cl)nc(N2CCC(CC)(CC)C2)n1. The van der Waals surface area contributed by atoms with Crippen molar-refractivity contribution in [2.24, 2.45) is 5.41 Å². The van der Waals surface area contributed by atoms with Crippen molar-refractivity contribution in [2.75, 3.05) is 36.0 Å². The second kappa shape index (κ2) is 6.77. The van der Waals surface area contributed by atoms with Gasteiger partial charge in [0.25, 0.3) is 0 Å². The van der Waals surface area contributed by atoms with Gasteiger partial charge in [-0.25, -0.2) is 0 Å². The summed E-state index contributed by atoms with van der Waals surface area (Å²) in [5.41, 5.74) is 0.397. The summed E-state index contributed by atoms with van der Waals surface area (Å²) < 4.78 is 0. The minimum absolute atomic E-state index is 0.285. The molecule has 1 aliphatic heterocycles. The van der Waals surface area contributed by atoms with Crippen molar-refractivity contribution in [2.45, 2.75) is 47.0 Å². The third kappa shape index (κ3) is 3.39. The molecular weight excluding hydrogens is 286 g/mol. The number of halogens is 1. The van der Waals surface area contributed by atoms with E-state index in [1.165, 1.54) is 19.3 Å². The third-order valence-corrected chi connectivity index (χ3v) is 5.02. The smallest absolute Gasteiger partial charge is 0.231 e. The first kappa shape index (κ1) is 16.3. The van der Waals surface area contributed by atoms with Crippen LogP contribution in [0.1, 0.15) is 47.0 Å². The van der Waals surface area contributed by atoms with Crippen molar-refractivity contribution in [1.82, 2.24) is 15.0 Å². The van der Waals surface area contributed by atoms with Gasteiger partial charge in [0, 0.05) is 26.2 Å². The van der Waals surface area contributed by atoms with Crippen LogP contribution in [0.25, 0.3) is 0 Å². The van der Waals surface area contributed by atoms with Crippen LogP contribution in [0, 0.1) is 5.41 Å². The first-order valence-electron chi connectivity index (χ1n) is 7.99. The number of aromatic nitrogens is 3. The van der Waals surface area contributed by atoms with Gasteiger partial charge in [-0.15, -0.1) is 0 Å². The van der Waals surface area contributed by atoms with E-state index in [1.807, 2.05) is 0 Å². The Morgan fingerprint density at radius 3 is 2.29 bits per heavy atom. The van der Waals surface area contributed by atoms with Gasteiger partial charge in [0.15, 0.2) is 0 Å². The molecule has 0 N–H and O–H groups in total. The van der Waals surface area contributed by atoms with Crippen molar-refractivity contribution in [3.05, 3.63) is 5.28 Å². The van der Waals surface area contributed by atoms with E-state index in [1.54, 1.807) is 0 Å². The monoisotopic (exact) mass is 311 g/mol. The quantitative estimate of drug-likeness (QED) is 0.806.